The summed E-state index contributed by atoms with van der Waals surface area (Å²) in [6, 6.07) is 11.1. The molecule has 31 heavy (non-hydrogen) atoms. The van der Waals surface area contributed by atoms with Crippen molar-refractivity contribution in [2.45, 2.75) is 82.7 Å². The zero-order valence-electron chi connectivity index (χ0n) is 18.0. The summed E-state index contributed by atoms with van der Waals surface area (Å²) in [6.07, 6.45) is 12.7. The first-order valence-corrected chi connectivity index (χ1v) is 12.2. The van der Waals surface area contributed by atoms with Crippen LogP contribution < -0.4 is 0 Å². The number of rotatable bonds is 4. The first-order chi connectivity index (χ1) is 15.0. The predicted molar refractivity (Wildman–Crippen MR) is 127 cm³/mol. The third-order valence-electron chi connectivity index (χ3n) is 6.58. The fourth-order valence-electron chi connectivity index (χ4n) is 4.82. The summed E-state index contributed by atoms with van der Waals surface area (Å²) >= 11 is 12.4. The highest BCUT2D eigenvalue weighted by molar-refractivity contribution is 6.32. The van der Waals surface area contributed by atoms with Gasteiger partial charge >= 0.3 is 5.97 Å². The molecule has 2 aliphatic rings. The maximum atomic E-state index is 10.8. The van der Waals surface area contributed by atoms with Crippen LogP contribution in [0.25, 0.3) is 0 Å². The number of carbonyl (C=O) groups is 1. The van der Waals surface area contributed by atoms with E-state index in [1.807, 2.05) is 18.2 Å². The topological polar surface area (TPSA) is 57.5 Å². The van der Waals surface area contributed by atoms with Gasteiger partial charge in [-0.3, -0.25) is 0 Å². The fraction of sp³-hybridized carbons (Fsp3) is 0.500. The van der Waals surface area contributed by atoms with Crippen LogP contribution in [0, 0.1) is 0 Å². The maximum absolute atomic E-state index is 10.8. The van der Waals surface area contributed by atoms with E-state index in [4.69, 9.17) is 33.4 Å². The van der Waals surface area contributed by atoms with Gasteiger partial charge in [-0.2, -0.15) is 0 Å². The molecule has 0 aliphatic heterocycles. The predicted octanol–water partition coefficient (Wildman–Crippen LogP) is 7.97. The molecular weight excluding hydrogens is 431 g/mol. The molecule has 2 aromatic rings. The van der Waals surface area contributed by atoms with Crippen molar-refractivity contribution in [3.63, 3.8) is 0 Å². The van der Waals surface area contributed by atoms with Crippen molar-refractivity contribution < 1.29 is 15.0 Å². The van der Waals surface area contributed by atoms with Crippen molar-refractivity contribution in [3.8, 4) is 0 Å². The molecule has 0 heterocycles. The smallest absolute Gasteiger partial charge is 0.335 e. The molecule has 2 saturated carbocycles. The third-order valence-corrected chi connectivity index (χ3v) is 7.24. The third kappa shape index (κ3) is 6.71. The summed E-state index contributed by atoms with van der Waals surface area (Å²) < 4.78 is 0. The van der Waals surface area contributed by atoms with Gasteiger partial charge in [0.25, 0.3) is 0 Å². The Morgan fingerprint density at radius 3 is 1.68 bits per heavy atom. The lowest BCUT2D eigenvalue weighted by atomic mass is 9.84. The second kappa shape index (κ2) is 11.9. The maximum Gasteiger partial charge on any atom is 0.335 e. The van der Waals surface area contributed by atoms with Crippen LogP contribution in [0.15, 0.2) is 36.4 Å². The van der Waals surface area contributed by atoms with Gasteiger partial charge in [-0.05, 0) is 72.4 Å². The van der Waals surface area contributed by atoms with Gasteiger partial charge in [0.2, 0.25) is 0 Å². The van der Waals surface area contributed by atoms with Crippen LogP contribution in [0.5, 0.6) is 0 Å². The van der Waals surface area contributed by atoms with Gasteiger partial charge in [-0.15, -0.1) is 0 Å². The number of hydrogen-bond donors (Lipinski definition) is 2. The summed E-state index contributed by atoms with van der Waals surface area (Å²) in [5.74, 6) is 0.236. The van der Waals surface area contributed by atoms with E-state index in [2.05, 4.69) is 6.07 Å². The van der Waals surface area contributed by atoms with E-state index < -0.39 is 5.97 Å². The standard InChI is InChI=1S/C13H15ClO2.C13H17ClO/c14-12-8-10(13(15)16)6-7-11(12)9-4-2-1-3-5-9;14-13-8-10(9-15)6-7-12(13)11-4-2-1-3-5-11/h6-9H,1-5H2,(H,15,16);6-8,11,15H,1-5,9H2. The Morgan fingerprint density at radius 1 is 0.774 bits per heavy atom. The van der Waals surface area contributed by atoms with Crippen molar-refractivity contribution in [2.24, 2.45) is 0 Å². The van der Waals surface area contributed by atoms with Crippen LogP contribution in [-0.4, -0.2) is 16.2 Å². The lowest BCUT2D eigenvalue weighted by molar-refractivity contribution is 0.0697. The largest absolute Gasteiger partial charge is 0.478 e. The van der Waals surface area contributed by atoms with Gasteiger partial charge < -0.3 is 10.2 Å². The molecule has 5 heteroatoms. The minimum absolute atomic E-state index is 0.0741. The van der Waals surface area contributed by atoms with Crippen molar-refractivity contribution in [3.05, 3.63) is 68.7 Å². The molecule has 3 nitrogen and oxygen atoms in total. The molecule has 0 bridgehead atoms. The van der Waals surface area contributed by atoms with E-state index in [0.29, 0.717) is 16.9 Å². The Bertz CT molecular complexity index is 869. The summed E-state index contributed by atoms with van der Waals surface area (Å²) in [5.41, 5.74) is 3.56. The second-order valence-electron chi connectivity index (χ2n) is 8.73. The molecule has 2 aromatic carbocycles. The normalized spacial score (nSPS) is 17.6. The van der Waals surface area contributed by atoms with Crippen molar-refractivity contribution in [2.75, 3.05) is 0 Å². The van der Waals surface area contributed by atoms with E-state index in [-0.39, 0.29) is 12.2 Å². The highest BCUT2D eigenvalue weighted by Crippen LogP contribution is 2.37. The minimum Gasteiger partial charge on any atom is -0.478 e. The molecule has 0 aromatic heterocycles. The summed E-state index contributed by atoms with van der Waals surface area (Å²) in [4.78, 5) is 10.8. The zero-order chi connectivity index (χ0) is 22.2. The van der Waals surface area contributed by atoms with Crippen LogP contribution in [0.4, 0.5) is 0 Å². The number of carboxylic acids is 1. The van der Waals surface area contributed by atoms with Gasteiger partial charge in [0, 0.05) is 10.0 Å². The number of aliphatic hydroxyl groups excluding tert-OH is 1. The monoisotopic (exact) mass is 462 g/mol. The Kier molecular flexibility index (Phi) is 9.25. The minimum atomic E-state index is -0.919. The second-order valence-corrected chi connectivity index (χ2v) is 9.54. The molecule has 0 saturated heterocycles. The van der Waals surface area contributed by atoms with Gasteiger partial charge in [-0.25, -0.2) is 4.79 Å². The number of aliphatic hydroxyl groups is 1. The average molecular weight is 463 g/mol. The summed E-state index contributed by atoms with van der Waals surface area (Å²) in [7, 11) is 0. The van der Waals surface area contributed by atoms with E-state index in [1.54, 1.807) is 12.1 Å². The highest BCUT2D eigenvalue weighted by atomic mass is 35.5. The molecule has 2 aliphatic carbocycles. The SMILES string of the molecule is O=C(O)c1ccc(C2CCCCC2)c(Cl)c1.OCc1ccc(C2CCCCC2)c(Cl)c1. The molecule has 168 valence electrons. The van der Waals surface area contributed by atoms with E-state index in [1.165, 1.54) is 69.8 Å². The van der Waals surface area contributed by atoms with Crippen LogP contribution in [0.1, 0.15) is 103 Å². The van der Waals surface area contributed by atoms with Gasteiger partial charge in [-0.1, -0.05) is 79.9 Å². The summed E-state index contributed by atoms with van der Waals surface area (Å²) in [6.45, 7) is 0.0741. The van der Waals surface area contributed by atoms with Crippen LogP contribution in [-0.2, 0) is 6.61 Å². The highest BCUT2D eigenvalue weighted by Gasteiger charge is 2.19. The molecular formula is C26H32Cl2O3. The number of halogens is 2. The Labute approximate surface area is 195 Å². The molecule has 0 radical (unpaired) electrons. The first-order valence-electron chi connectivity index (χ1n) is 11.4. The molecule has 4 rings (SSSR count). The molecule has 0 spiro atoms. The van der Waals surface area contributed by atoms with Gasteiger partial charge in [0.15, 0.2) is 0 Å². The lowest BCUT2D eigenvalue weighted by Gasteiger charge is -2.23. The van der Waals surface area contributed by atoms with E-state index >= 15 is 0 Å². The molecule has 0 atom stereocenters. The lowest BCUT2D eigenvalue weighted by Crippen LogP contribution is -2.06. The van der Waals surface area contributed by atoms with Crippen LogP contribution in [0.2, 0.25) is 10.0 Å². The fourth-order valence-corrected chi connectivity index (χ4v) is 5.51. The van der Waals surface area contributed by atoms with Crippen LogP contribution >= 0.6 is 23.2 Å². The number of aromatic carboxylic acids is 1. The summed E-state index contributed by atoms with van der Waals surface area (Å²) in [5, 5.41) is 19.3. The van der Waals surface area contributed by atoms with Crippen molar-refractivity contribution >= 4 is 29.2 Å². The Morgan fingerprint density at radius 2 is 1.26 bits per heavy atom. The molecule has 0 amide bonds. The van der Waals surface area contributed by atoms with E-state index in [9.17, 15) is 4.79 Å². The average Bonchev–Trinajstić information content (AvgIpc) is 2.80. The van der Waals surface area contributed by atoms with Crippen LogP contribution in [0.3, 0.4) is 0 Å². The van der Waals surface area contributed by atoms with E-state index in [0.717, 1.165) is 16.1 Å². The first kappa shape index (κ1) is 24.1. The van der Waals surface area contributed by atoms with Crippen molar-refractivity contribution in [1.82, 2.24) is 0 Å². The van der Waals surface area contributed by atoms with Crippen molar-refractivity contribution in [1.29, 1.82) is 0 Å². The molecule has 0 unspecified atom stereocenters. The molecule has 2 fully saturated rings. The number of hydrogen-bond acceptors (Lipinski definition) is 2. The Hall–Kier alpha value is -1.55. The zero-order valence-corrected chi connectivity index (χ0v) is 19.5. The quantitative estimate of drug-likeness (QED) is 0.484. The number of benzene rings is 2. The van der Waals surface area contributed by atoms with Gasteiger partial charge in [0.05, 0.1) is 12.2 Å². The Balaban J connectivity index is 0.000000176. The van der Waals surface area contributed by atoms with Gasteiger partial charge in [0.1, 0.15) is 0 Å². The number of carboxylic acid groups (broad SMARTS) is 1. The molecule has 2 N–H and O–H groups in total.